The highest BCUT2D eigenvalue weighted by Gasteiger charge is 2.17. The number of carboxylic acid groups (broad SMARTS) is 1. The minimum atomic E-state index is -1.03. The third kappa shape index (κ3) is 8.22. The third-order valence-corrected chi connectivity index (χ3v) is 7.81. The van der Waals surface area contributed by atoms with Crippen molar-refractivity contribution < 1.29 is 28.8 Å². The van der Waals surface area contributed by atoms with E-state index in [-0.39, 0.29) is 5.56 Å². The maximum absolute atomic E-state index is 11.7. The van der Waals surface area contributed by atoms with Crippen LogP contribution in [0, 0.1) is 0 Å². The number of nitrogens with zero attached hydrogens (tertiary/aromatic N) is 1. The minimum Gasteiger partial charge on any atom is -0.493 e. The molecule has 0 saturated heterocycles. The number of ether oxygens (including phenoxy) is 4. The molecule has 0 unspecified atom stereocenters. The van der Waals surface area contributed by atoms with Gasteiger partial charge in [0.1, 0.15) is 40.9 Å². The summed E-state index contributed by atoms with van der Waals surface area (Å²) in [4.78, 5) is 16.2. The zero-order chi connectivity index (χ0) is 31.4. The molecule has 1 N–H and O–H groups in total. The summed E-state index contributed by atoms with van der Waals surface area (Å²) in [5.41, 5.74) is 6.87. The zero-order valence-electron chi connectivity index (χ0n) is 25.5. The maximum Gasteiger partial charge on any atom is 0.339 e. The standard InChI is InChI=1S/C37H37NO6S/c1-3-12-28-32(17-10-18-33(28)44-34-16-9-8-15-29(34)37(39)40)41-19-11-20-42-35-22-36(43-23-26-13-6-5-7-14-26)30(21-27(35)4-2)31-24-45-25-38-31/h5-10,13-18,21-22,24-25H,3-4,11-12,19-20,23H2,1-2H3,(H,39,40). The van der Waals surface area contributed by atoms with Crippen LogP contribution in [-0.4, -0.2) is 29.3 Å². The summed E-state index contributed by atoms with van der Waals surface area (Å²) in [5.74, 6) is 2.11. The smallest absolute Gasteiger partial charge is 0.339 e. The van der Waals surface area contributed by atoms with Crippen molar-refractivity contribution in [1.29, 1.82) is 0 Å². The summed E-state index contributed by atoms with van der Waals surface area (Å²) < 4.78 is 24.9. The molecular weight excluding hydrogens is 586 g/mol. The summed E-state index contributed by atoms with van der Waals surface area (Å²) in [7, 11) is 0. The zero-order valence-corrected chi connectivity index (χ0v) is 26.3. The molecule has 0 radical (unpaired) electrons. The topological polar surface area (TPSA) is 87.1 Å². The van der Waals surface area contributed by atoms with Gasteiger partial charge >= 0.3 is 5.97 Å². The van der Waals surface area contributed by atoms with Gasteiger partial charge in [-0.05, 0) is 54.3 Å². The van der Waals surface area contributed by atoms with Gasteiger partial charge in [0, 0.05) is 29.0 Å². The predicted octanol–water partition coefficient (Wildman–Crippen LogP) is 9.24. The number of thiazole rings is 1. The van der Waals surface area contributed by atoms with Crippen LogP contribution >= 0.6 is 11.3 Å². The van der Waals surface area contributed by atoms with Crippen LogP contribution in [0.3, 0.4) is 0 Å². The molecule has 4 aromatic carbocycles. The summed E-state index contributed by atoms with van der Waals surface area (Å²) in [6.07, 6.45) is 3.08. The Morgan fingerprint density at radius 1 is 0.800 bits per heavy atom. The first kappa shape index (κ1) is 31.6. The molecule has 45 heavy (non-hydrogen) atoms. The van der Waals surface area contributed by atoms with Crippen molar-refractivity contribution in [2.75, 3.05) is 13.2 Å². The van der Waals surface area contributed by atoms with Gasteiger partial charge in [0.25, 0.3) is 0 Å². The molecule has 0 saturated carbocycles. The SMILES string of the molecule is CCCc1c(OCCCOc2cc(OCc3ccccc3)c(-c3cscn3)cc2CC)cccc1Oc1ccccc1C(=O)O. The lowest BCUT2D eigenvalue weighted by atomic mass is 10.0. The molecule has 1 heterocycles. The summed E-state index contributed by atoms with van der Waals surface area (Å²) in [6.45, 7) is 5.55. The van der Waals surface area contributed by atoms with Crippen molar-refractivity contribution in [3.05, 3.63) is 118 Å². The quantitative estimate of drug-likeness (QED) is 0.110. The van der Waals surface area contributed by atoms with Gasteiger partial charge in [0.2, 0.25) is 0 Å². The molecule has 0 atom stereocenters. The fourth-order valence-electron chi connectivity index (χ4n) is 4.96. The summed E-state index contributed by atoms with van der Waals surface area (Å²) >= 11 is 1.56. The molecule has 0 aliphatic heterocycles. The first-order valence-corrected chi connectivity index (χ1v) is 16.1. The van der Waals surface area contributed by atoms with Crippen molar-refractivity contribution in [3.63, 3.8) is 0 Å². The molecule has 7 nitrogen and oxygen atoms in total. The van der Waals surface area contributed by atoms with E-state index in [4.69, 9.17) is 18.9 Å². The van der Waals surface area contributed by atoms with E-state index in [0.717, 1.165) is 64.5 Å². The van der Waals surface area contributed by atoms with Gasteiger partial charge in [-0.15, -0.1) is 11.3 Å². The molecule has 0 aliphatic carbocycles. The number of carbonyl (C=O) groups is 1. The number of para-hydroxylation sites is 1. The van der Waals surface area contributed by atoms with Gasteiger partial charge in [-0.1, -0.05) is 68.8 Å². The molecule has 0 bridgehead atoms. The van der Waals surface area contributed by atoms with Crippen LogP contribution in [0.5, 0.6) is 28.7 Å². The highest BCUT2D eigenvalue weighted by molar-refractivity contribution is 7.07. The van der Waals surface area contributed by atoms with Crippen LogP contribution in [0.1, 0.15) is 53.7 Å². The lowest BCUT2D eigenvalue weighted by Gasteiger charge is -2.18. The average molecular weight is 624 g/mol. The van der Waals surface area contributed by atoms with E-state index in [2.05, 4.69) is 24.9 Å². The normalized spacial score (nSPS) is 10.8. The second kappa shape index (κ2) is 15.8. The number of carboxylic acids is 1. The maximum atomic E-state index is 11.7. The van der Waals surface area contributed by atoms with E-state index < -0.39 is 5.97 Å². The van der Waals surface area contributed by atoms with E-state index in [0.29, 0.717) is 37.7 Å². The Hall–Kier alpha value is -4.82. The summed E-state index contributed by atoms with van der Waals surface area (Å²) in [6, 6.07) is 26.5. The van der Waals surface area contributed by atoms with Crippen LogP contribution in [0.25, 0.3) is 11.3 Å². The number of aromatic nitrogens is 1. The lowest BCUT2D eigenvalue weighted by molar-refractivity contribution is 0.0694. The van der Waals surface area contributed by atoms with Crippen molar-refractivity contribution in [2.24, 2.45) is 0 Å². The van der Waals surface area contributed by atoms with E-state index in [9.17, 15) is 9.90 Å². The Balaban J connectivity index is 1.25. The van der Waals surface area contributed by atoms with Gasteiger partial charge in [0.05, 0.1) is 24.4 Å². The number of aryl methyl sites for hydroxylation is 1. The predicted molar refractivity (Wildman–Crippen MR) is 177 cm³/mol. The first-order valence-electron chi connectivity index (χ1n) is 15.2. The average Bonchev–Trinajstić information content (AvgIpc) is 3.60. The van der Waals surface area contributed by atoms with E-state index in [1.807, 2.05) is 65.5 Å². The molecule has 8 heteroatoms. The van der Waals surface area contributed by atoms with Crippen molar-refractivity contribution in [3.8, 4) is 40.0 Å². The Kier molecular flexibility index (Phi) is 11.1. The fourth-order valence-corrected chi connectivity index (χ4v) is 5.52. The van der Waals surface area contributed by atoms with Crippen LogP contribution in [0.2, 0.25) is 0 Å². The lowest BCUT2D eigenvalue weighted by Crippen LogP contribution is -2.08. The molecule has 5 aromatic rings. The number of hydrogen-bond donors (Lipinski definition) is 1. The molecule has 0 aliphatic rings. The van der Waals surface area contributed by atoms with E-state index >= 15 is 0 Å². The van der Waals surface area contributed by atoms with Crippen LogP contribution in [0.4, 0.5) is 0 Å². The number of benzene rings is 4. The van der Waals surface area contributed by atoms with Gasteiger partial charge in [0.15, 0.2) is 0 Å². The highest BCUT2D eigenvalue weighted by atomic mass is 32.1. The number of aromatic carboxylic acids is 1. The van der Waals surface area contributed by atoms with E-state index in [1.165, 1.54) is 6.07 Å². The van der Waals surface area contributed by atoms with Crippen molar-refractivity contribution in [2.45, 2.75) is 46.1 Å². The van der Waals surface area contributed by atoms with Crippen LogP contribution < -0.4 is 18.9 Å². The number of hydrogen-bond acceptors (Lipinski definition) is 7. The molecular formula is C37H37NO6S. The van der Waals surface area contributed by atoms with Crippen molar-refractivity contribution >= 4 is 17.3 Å². The number of rotatable bonds is 16. The Bertz CT molecular complexity index is 1690. The van der Waals surface area contributed by atoms with Crippen LogP contribution in [0.15, 0.2) is 95.8 Å². The van der Waals surface area contributed by atoms with E-state index in [1.54, 1.807) is 29.5 Å². The summed E-state index contributed by atoms with van der Waals surface area (Å²) in [5, 5.41) is 11.6. The van der Waals surface area contributed by atoms with Gasteiger partial charge in [-0.2, -0.15) is 0 Å². The Labute approximate surface area is 268 Å². The van der Waals surface area contributed by atoms with Crippen molar-refractivity contribution in [1.82, 2.24) is 4.98 Å². The molecule has 0 fully saturated rings. The highest BCUT2D eigenvalue weighted by Crippen LogP contribution is 2.38. The Morgan fingerprint density at radius 2 is 1.53 bits per heavy atom. The monoisotopic (exact) mass is 623 g/mol. The van der Waals surface area contributed by atoms with Gasteiger partial charge in [-0.3, -0.25) is 0 Å². The first-order chi connectivity index (χ1) is 22.1. The fraction of sp³-hybridized carbons (Fsp3) is 0.243. The second-order valence-corrected chi connectivity index (χ2v) is 11.1. The minimum absolute atomic E-state index is 0.114. The third-order valence-electron chi connectivity index (χ3n) is 7.22. The van der Waals surface area contributed by atoms with Crippen LogP contribution in [-0.2, 0) is 19.4 Å². The van der Waals surface area contributed by atoms with Gasteiger partial charge < -0.3 is 24.1 Å². The second-order valence-electron chi connectivity index (χ2n) is 10.4. The molecule has 1 aromatic heterocycles. The molecule has 232 valence electrons. The van der Waals surface area contributed by atoms with Gasteiger partial charge in [-0.25, -0.2) is 9.78 Å². The largest absolute Gasteiger partial charge is 0.493 e. The molecule has 5 rings (SSSR count). The molecule has 0 amide bonds. The Morgan fingerprint density at radius 3 is 2.27 bits per heavy atom. The molecule has 0 spiro atoms.